The van der Waals surface area contributed by atoms with Crippen LogP contribution < -0.4 is 0 Å². The van der Waals surface area contributed by atoms with Crippen molar-refractivity contribution in [3.63, 3.8) is 0 Å². The van der Waals surface area contributed by atoms with Crippen molar-refractivity contribution in [2.24, 2.45) is 5.92 Å². The molecule has 1 aliphatic heterocycles. The Bertz CT molecular complexity index is 74.1. The zero-order chi connectivity index (χ0) is 5.28. The van der Waals surface area contributed by atoms with E-state index in [4.69, 9.17) is 5.41 Å². The quantitative estimate of drug-likeness (QED) is 0.466. The van der Waals surface area contributed by atoms with Crippen molar-refractivity contribution in [2.75, 3.05) is 20.1 Å². The molecule has 40 valence electrons. The Morgan fingerprint density at radius 3 is 2.43 bits per heavy atom. The van der Waals surface area contributed by atoms with Gasteiger partial charge in [-0.2, -0.15) is 0 Å². The molecule has 0 aromatic heterocycles. The first-order valence-corrected chi connectivity index (χ1v) is 2.52. The summed E-state index contributed by atoms with van der Waals surface area (Å²) in [5.41, 5.74) is 0. The van der Waals surface area contributed by atoms with Crippen LogP contribution in [-0.2, 0) is 0 Å². The molecule has 2 nitrogen and oxygen atoms in total. The Kier molecular flexibility index (Phi) is 1.11. The molecule has 1 aliphatic rings. The third-order valence-corrected chi connectivity index (χ3v) is 1.33. The summed E-state index contributed by atoms with van der Waals surface area (Å²) in [5.74, 6) is 0.560. The van der Waals surface area contributed by atoms with Crippen molar-refractivity contribution in [3.05, 3.63) is 0 Å². The normalized spacial score (nSPS) is 24.1. The monoisotopic (exact) mass is 98.1 g/mol. The van der Waals surface area contributed by atoms with Crippen LogP contribution in [-0.4, -0.2) is 31.3 Å². The summed E-state index contributed by atoms with van der Waals surface area (Å²) in [6.07, 6.45) is 1.53. The fourth-order valence-electron chi connectivity index (χ4n) is 0.853. The summed E-state index contributed by atoms with van der Waals surface area (Å²) in [5, 5.41) is 6.80. The van der Waals surface area contributed by atoms with E-state index in [-0.39, 0.29) is 0 Å². The van der Waals surface area contributed by atoms with E-state index >= 15 is 0 Å². The number of hydrogen-bond acceptors (Lipinski definition) is 2. The second kappa shape index (κ2) is 1.62. The van der Waals surface area contributed by atoms with E-state index in [2.05, 4.69) is 11.9 Å². The molecule has 0 amide bonds. The Morgan fingerprint density at radius 2 is 2.29 bits per heavy atom. The van der Waals surface area contributed by atoms with Crippen LogP contribution in [0.3, 0.4) is 0 Å². The fourth-order valence-corrected chi connectivity index (χ4v) is 0.853. The SMILES string of the molecule is CN1CC(C=N)C1. The van der Waals surface area contributed by atoms with E-state index in [1.807, 2.05) is 0 Å². The van der Waals surface area contributed by atoms with Gasteiger partial charge >= 0.3 is 0 Å². The van der Waals surface area contributed by atoms with E-state index in [9.17, 15) is 0 Å². The van der Waals surface area contributed by atoms with Gasteiger partial charge in [0.1, 0.15) is 0 Å². The second-order valence-electron chi connectivity index (χ2n) is 2.15. The largest absolute Gasteiger partial charge is 0.313 e. The van der Waals surface area contributed by atoms with Crippen LogP contribution in [0.15, 0.2) is 0 Å². The van der Waals surface area contributed by atoms with Gasteiger partial charge in [-0.25, -0.2) is 0 Å². The minimum Gasteiger partial charge on any atom is -0.313 e. The summed E-state index contributed by atoms with van der Waals surface area (Å²) >= 11 is 0. The number of rotatable bonds is 1. The first-order valence-electron chi connectivity index (χ1n) is 2.52. The lowest BCUT2D eigenvalue weighted by molar-refractivity contribution is 0.186. The third-order valence-electron chi connectivity index (χ3n) is 1.33. The highest BCUT2D eigenvalue weighted by Crippen LogP contribution is 2.08. The van der Waals surface area contributed by atoms with Crippen LogP contribution in [0, 0.1) is 11.3 Å². The highest BCUT2D eigenvalue weighted by atomic mass is 15.2. The number of nitrogens with one attached hydrogen (secondary N) is 1. The van der Waals surface area contributed by atoms with Gasteiger partial charge in [0.05, 0.1) is 0 Å². The maximum Gasteiger partial charge on any atom is 0.0190 e. The standard InChI is InChI=1S/C5H10N2/c1-7-3-5(2-6)4-7/h2,5-6H,3-4H2,1H3. The maximum absolute atomic E-state index is 6.80. The number of nitrogens with zero attached hydrogens (tertiary/aromatic N) is 1. The molecule has 0 bridgehead atoms. The van der Waals surface area contributed by atoms with Crippen molar-refractivity contribution < 1.29 is 0 Å². The Balaban J connectivity index is 2.17. The summed E-state index contributed by atoms with van der Waals surface area (Å²) in [4.78, 5) is 2.20. The zero-order valence-corrected chi connectivity index (χ0v) is 4.52. The average molecular weight is 98.1 g/mol. The molecule has 0 atom stereocenters. The van der Waals surface area contributed by atoms with Gasteiger partial charge in [0.2, 0.25) is 0 Å². The molecule has 0 saturated carbocycles. The first kappa shape index (κ1) is 4.78. The fraction of sp³-hybridized carbons (Fsp3) is 0.800. The maximum atomic E-state index is 6.80. The summed E-state index contributed by atoms with van der Waals surface area (Å²) < 4.78 is 0. The van der Waals surface area contributed by atoms with Gasteiger partial charge in [0.25, 0.3) is 0 Å². The predicted molar refractivity (Wildman–Crippen MR) is 29.8 cm³/mol. The van der Waals surface area contributed by atoms with Crippen LogP contribution in [0.5, 0.6) is 0 Å². The molecule has 1 N–H and O–H groups in total. The van der Waals surface area contributed by atoms with Gasteiger partial charge in [-0.15, -0.1) is 0 Å². The topological polar surface area (TPSA) is 27.1 Å². The van der Waals surface area contributed by atoms with Crippen LogP contribution in [0.2, 0.25) is 0 Å². The number of hydrogen-bond donors (Lipinski definition) is 1. The van der Waals surface area contributed by atoms with E-state index in [0.717, 1.165) is 13.1 Å². The van der Waals surface area contributed by atoms with Crippen LogP contribution in [0.1, 0.15) is 0 Å². The highest BCUT2D eigenvalue weighted by Gasteiger charge is 2.19. The molecule has 0 aliphatic carbocycles. The van der Waals surface area contributed by atoms with E-state index in [0.29, 0.717) is 5.92 Å². The van der Waals surface area contributed by atoms with E-state index in [1.54, 1.807) is 0 Å². The Labute approximate surface area is 43.6 Å². The minimum absolute atomic E-state index is 0.560. The molecular weight excluding hydrogens is 88.1 g/mol. The predicted octanol–water partition coefficient (Wildman–Crippen LogP) is 0.198. The van der Waals surface area contributed by atoms with Gasteiger partial charge in [-0.1, -0.05) is 0 Å². The van der Waals surface area contributed by atoms with Gasteiger partial charge in [0.15, 0.2) is 0 Å². The Morgan fingerprint density at radius 1 is 1.71 bits per heavy atom. The van der Waals surface area contributed by atoms with Crippen LogP contribution in [0.25, 0.3) is 0 Å². The molecule has 0 aromatic rings. The lowest BCUT2D eigenvalue weighted by atomic mass is 10.0. The van der Waals surface area contributed by atoms with Gasteiger partial charge in [-0.3, -0.25) is 0 Å². The number of likely N-dealkylation sites (tertiary alicyclic amines) is 1. The van der Waals surface area contributed by atoms with Gasteiger partial charge in [-0.05, 0) is 7.05 Å². The van der Waals surface area contributed by atoms with Crippen LogP contribution in [0.4, 0.5) is 0 Å². The average Bonchev–Trinajstić information content (AvgIpc) is 1.58. The smallest absolute Gasteiger partial charge is 0.0190 e. The highest BCUT2D eigenvalue weighted by molar-refractivity contribution is 5.58. The molecule has 0 spiro atoms. The molecule has 1 rings (SSSR count). The van der Waals surface area contributed by atoms with E-state index < -0.39 is 0 Å². The Hall–Kier alpha value is -0.370. The summed E-state index contributed by atoms with van der Waals surface area (Å²) in [6, 6.07) is 0. The van der Waals surface area contributed by atoms with Gasteiger partial charge in [0, 0.05) is 25.2 Å². The molecule has 1 fully saturated rings. The lowest BCUT2D eigenvalue weighted by Crippen LogP contribution is -2.44. The molecule has 0 unspecified atom stereocenters. The molecule has 2 heteroatoms. The molecular formula is C5H10N2. The minimum atomic E-state index is 0.560. The second-order valence-corrected chi connectivity index (χ2v) is 2.15. The van der Waals surface area contributed by atoms with Crippen LogP contribution >= 0.6 is 0 Å². The zero-order valence-electron chi connectivity index (χ0n) is 4.52. The van der Waals surface area contributed by atoms with Crippen molar-refractivity contribution in [2.45, 2.75) is 0 Å². The molecule has 1 heterocycles. The van der Waals surface area contributed by atoms with Crippen molar-refractivity contribution >= 4 is 6.21 Å². The molecule has 0 aromatic carbocycles. The van der Waals surface area contributed by atoms with Crippen molar-refractivity contribution in [3.8, 4) is 0 Å². The van der Waals surface area contributed by atoms with E-state index in [1.165, 1.54) is 6.21 Å². The lowest BCUT2D eigenvalue weighted by Gasteiger charge is -2.32. The van der Waals surface area contributed by atoms with Crippen molar-refractivity contribution in [1.82, 2.24) is 4.90 Å². The van der Waals surface area contributed by atoms with Gasteiger partial charge < -0.3 is 10.3 Å². The molecule has 7 heavy (non-hydrogen) atoms. The molecule has 0 radical (unpaired) electrons. The van der Waals surface area contributed by atoms with Crippen molar-refractivity contribution in [1.29, 1.82) is 5.41 Å². The third kappa shape index (κ3) is 0.800. The summed E-state index contributed by atoms with van der Waals surface area (Å²) in [7, 11) is 2.07. The molecule has 1 saturated heterocycles. The first-order chi connectivity index (χ1) is 3.33. The summed E-state index contributed by atoms with van der Waals surface area (Å²) in [6.45, 7) is 2.17.